The molecule has 1 aromatic heterocycles. The fourth-order valence-electron chi connectivity index (χ4n) is 7.78. The molecule has 4 rings (SSSR count). The molecule has 2 aliphatic heterocycles. The molecule has 0 aliphatic carbocycles. The lowest BCUT2D eigenvalue weighted by Gasteiger charge is -2.33. The summed E-state index contributed by atoms with van der Waals surface area (Å²) < 4.78 is 0. The highest BCUT2D eigenvalue weighted by Crippen LogP contribution is 2.22. The van der Waals surface area contributed by atoms with Crippen LogP contribution in [-0.4, -0.2) is 157 Å². The molecule has 25 heteroatoms. The number of aromatic amines is 1. The molecule has 2 saturated heterocycles. The van der Waals surface area contributed by atoms with E-state index in [9.17, 15) is 63.0 Å². The lowest BCUT2D eigenvalue weighted by Crippen LogP contribution is -2.63. The van der Waals surface area contributed by atoms with Crippen LogP contribution in [0.3, 0.4) is 0 Å². The Hall–Kier alpha value is -6.21. The molecule has 2 fully saturated rings. The van der Waals surface area contributed by atoms with Gasteiger partial charge in [0.05, 0.1) is 18.2 Å². The zero-order valence-electron chi connectivity index (χ0n) is 39.8. The van der Waals surface area contributed by atoms with E-state index in [1.54, 1.807) is 19.2 Å². The molecule has 3 heterocycles. The Bertz CT molecular complexity index is 2310. The Kier molecular flexibility index (Phi) is 20.6. The molecule has 10 atom stereocenters. The maximum absolute atomic E-state index is 14.3. The monoisotopic (exact) mass is 1020 g/mol. The molecule has 2 aromatic rings. The molecule has 1 aromatic carbocycles. The van der Waals surface area contributed by atoms with Crippen molar-refractivity contribution < 1.29 is 63.0 Å². The average Bonchev–Trinajstić information content (AvgIpc) is 3.69. The largest absolute Gasteiger partial charge is 0.481 e. The van der Waals surface area contributed by atoms with E-state index >= 15 is 0 Å². The first kappa shape index (κ1) is 56.4. The van der Waals surface area contributed by atoms with Crippen LogP contribution in [-0.2, 0) is 59.2 Å². The zero-order valence-corrected chi connectivity index (χ0v) is 41.5. The Morgan fingerprint density at radius 1 is 0.871 bits per heavy atom. The molecule has 0 saturated carbocycles. The quantitative estimate of drug-likeness (QED) is 0.0897. The van der Waals surface area contributed by atoms with Gasteiger partial charge in [-0.05, 0) is 51.2 Å². The number of fused-ring (bicyclic) bond motifs is 1. The van der Waals surface area contributed by atoms with Crippen molar-refractivity contribution in [2.45, 2.75) is 139 Å². The number of thioether (sulfide) groups is 1. The predicted octanol–water partition coefficient (Wildman–Crippen LogP) is -2.17. The van der Waals surface area contributed by atoms with Crippen LogP contribution >= 0.6 is 24.4 Å². The van der Waals surface area contributed by atoms with Crippen LogP contribution in [0.2, 0.25) is 0 Å². The summed E-state index contributed by atoms with van der Waals surface area (Å²) in [4.78, 5) is 151. The minimum Gasteiger partial charge on any atom is -0.481 e. The number of amides is 9. The highest BCUT2D eigenvalue weighted by Gasteiger charge is 2.42. The number of nitrogens with one attached hydrogen (secondary N) is 10. The number of aliphatic hydroxyl groups excluding tert-OH is 1. The average molecular weight is 1020 g/mol. The van der Waals surface area contributed by atoms with Crippen molar-refractivity contribution >= 4 is 100 Å². The van der Waals surface area contributed by atoms with E-state index in [-0.39, 0.29) is 30.9 Å². The highest BCUT2D eigenvalue weighted by atomic mass is 32.2. The van der Waals surface area contributed by atoms with Gasteiger partial charge in [-0.2, -0.15) is 24.4 Å². The van der Waals surface area contributed by atoms with Crippen LogP contribution < -0.4 is 47.9 Å². The first-order valence-corrected chi connectivity index (χ1v) is 24.5. The van der Waals surface area contributed by atoms with Gasteiger partial charge in [-0.15, -0.1) is 0 Å². The zero-order chi connectivity index (χ0) is 52.0. The summed E-state index contributed by atoms with van der Waals surface area (Å²) in [6, 6.07) is -3.14. The molecule has 384 valence electrons. The number of carbonyl (C=O) groups excluding carboxylic acids is 10. The first-order valence-electron chi connectivity index (χ1n) is 22.8. The van der Waals surface area contributed by atoms with Crippen LogP contribution in [0.1, 0.15) is 79.2 Å². The van der Waals surface area contributed by atoms with E-state index < -0.39 is 156 Å². The number of aromatic nitrogens is 1. The number of ketones is 1. The highest BCUT2D eigenvalue weighted by molar-refractivity contribution is 8.00. The van der Waals surface area contributed by atoms with Crippen LogP contribution in [0.4, 0.5) is 0 Å². The number of rotatable bonds is 14. The van der Waals surface area contributed by atoms with E-state index in [1.807, 2.05) is 32.0 Å². The van der Waals surface area contributed by atoms with Gasteiger partial charge in [0.2, 0.25) is 53.2 Å². The van der Waals surface area contributed by atoms with Crippen molar-refractivity contribution in [2.24, 2.45) is 5.92 Å². The van der Waals surface area contributed by atoms with Gasteiger partial charge in [-0.3, -0.25) is 52.7 Å². The summed E-state index contributed by atoms with van der Waals surface area (Å²) in [5.74, 6) is -10.2. The number of benzene rings is 1. The summed E-state index contributed by atoms with van der Waals surface area (Å²) in [5.41, 5.74) is -0.406. The van der Waals surface area contributed by atoms with Gasteiger partial charge in [0, 0.05) is 59.5 Å². The predicted molar refractivity (Wildman–Crippen MR) is 259 cm³/mol. The molecule has 70 heavy (non-hydrogen) atoms. The Labute approximate surface area is 413 Å². The maximum atomic E-state index is 14.3. The normalized spacial score (nSPS) is 26.6. The van der Waals surface area contributed by atoms with Crippen molar-refractivity contribution in [2.75, 3.05) is 18.1 Å². The Morgan fingerprint density at radius 3 is 2.17 bits per heavy atom. The van der Waals surface area contributed by atoms with E-state index in [2.05, 4.69) is 65.5 Å². The third kappa shape index (κ3) is 15.9. The summed E-state index contributed by atoms with van der Waals surface area (Å²) in [6.07, 6.45) is -1.46. The van der Waals surface area contributed by atoms with Crippen molar-refractivity contribution in [1.29, 1.82) is 0 Å². The summed E-state index contributed by atoms with van der Waals surface area (Å²) >= 11 is 5.32. The molecule has 0 radical (unpaired) electrons. The van der Waals surface area contributed by atoms with Crippen LogP contribution in [0.15, 0.2) is 30.5 Å². The smallest absolute Gasteiger partial charge is 0.303 e. The molecular weight excluding hydrogens is 953 g/mol. The number of carbonyl (C=O) groups is 11. The second-order valence-electron chi connectivity index (χ2n) is 18.1. The number of hydrogen-bond acceptors (Lipinski definition) is 14. The van der Waals surface area contributed by atoms with E-state index in [1.165, 1.54) is 13.8 Å². The third-order valence-electron chi connectivity index (χ3n) is 11.9. The first-order chi connectivity index (χ1) is 32.9. The fourth-order valence-corrected chi connectivity index (χ4v) is 9.10. The molecule has 12 N–H and O–H groups in total. The summed E-state index contributed by atoms with van der Waals surface area (Å²) in [6.45, 7) is 8.29. The van der Waals surface area contributed by atoms with Crippen molar-refractivity contribution in [3.63, 3.8) is 0 Å². The Balaban J connectivity index is 1.68. The minimum atomic E-state index is -1.77. The molecular formula is C45H64N10O13S2. The molecule has 23 nitrogen and oxygen atoms in total. The van der Waals surface area contributed by atoms with Gasteiger partial charge in [-0.25, -0.2) is 0 Å². The molecule has 9 amide bonds. The molecule has 0 spiro atoms. The van der Waals surface area contributed by atoms with E-state index in [4.69, 9.17) is 0 Å². The minimum absolute atomic E-state index is 0.0647. The van der Waals surface area contributed by atoms with E-state index in [0.29, 0.717) is 5.56 Å². The maximum Gasteiger partial charge on any atom is 0.303 e. The fraction of sp³-hybridized carbons (Fsp3) is 0.578. The molecule has 0 bridgehead atoms. The second-order valence-corrected chi connectivity index (χ2v) is 19.9. The second kappa shape index (κ2) is 25.6. The van der Waals surface area contributed by atoms with Crippen LogP contribution in [0.25, 0.3) is 10.9 Å². The number of H-pyrrole nitrogens is 1. The topological polar surface area (TPSA) is 352 Å². The Morgan fingerprint density at radius 2 is 1.53 bits per heavy atom. The third-order valence-corrected chi connectivity index (χ3v) is 13.5. The van der Waals surface area contributed by atoms with Crippen LogP contribution in [0, 0.1) is 5.92 Å². The number of Topliss-reactive ketones (excluding diaryl/α,β-unsaturated/α-hetero) is 1. The SMILES string of the molecule is CC(=O)[C@]1(C)C[C@H](NC(=O)[C@@H](CS)NC(=O)[C@H]2NC(=O)[C@H](CCC(=O)O)NC(=O)[C@H](Cc3c[nH]c4ccccc34)NC(=O)[C@H](CC(C)C)NC(=O)CCSC2C)C(=O)N[C@@H]([C@@H](C)O)C(=O)NCC(=O)N1. The molecule has 2 aliphatic rings. The van der Waals surface area contributed by atoms with E-state index in [0.717, 1.165) is 29.6 Å². The van der Waals surface area contributed by atoms with Crippen LogP contribution in [0.5, 0.6) is 0 Å². The number of carboxylic acids is 1. The number of aliphatic hydroxyl groups is 1. The van der Waals surface area contributed by atoms with Gasteiger partial charge in [0.1, 0.15) is 42.3 Å². The summed E-state index contributed by atoms with van der Waals surface area (Å²) in [7, 11) is 0. The van der Waals surface area contributed by atoms with Crippen molar-refractivity contribution in [3.05, 3.63) is 36.0 Å². The van der Waals surface area contributed by atoms with Gasteiger partial charge >= 0.3 is 5.97 Å². The number of thiol groups is 1. The number of carboxylic acid groups (broad SMARTS) is 1. The lowest BCUT2D eigenvalue weighted by molar-refractivity contribution is -0.138. The van der Waals surface area contributed by atoms with Crippen molar-refractivity contribution in [3.8, 4) is 0 Å². The summed E-state index contributed by atoms with van der Waals surface area (Å²) in [5, 5.41) is 42.5. The number of aliphatic carboxylic acids is 1. The van der Waals surface area contributed by atoms with Gasteiger partial charge in [0.25, 0.3) is 0 Å². The standard InChI is InChI=1S/C45H64N10O13S2/c1-21(2)15-29-39(63)50-30(16-25-18-46-27-10-8-7-9-26(25)27)40(64)49-28(11-12-35(60)61)38(62)54-37(23(4)70-14-13-33(58)48-29)44(68)52-32(20-69)42(66)51-31-17-45(6,24(5)57)55-34(59)19-47-43(67)36(22(3)56)53-41(31)65/h7-10,18,21-23,28-32,36-37,46,56,69H,11-17,19-20H2,1-6H3,(H,47,67)(H,48,58)(H,49,64)(H,50,63)(H,51,66)(H,52,68)(H,53,65)(H,54,62)(H,55,59)(H,60,61)/t22-,23?,28+,29+,30+,31+,32-,36+,37+,45+/m1/s1. The van der Waals surface area contributed by atoms with Gasteiger partial charge in [0.15, 0.2) is 5.78 Å². The number of hydrogen-bond donors (Lipinski definition) is 13. The van der Waals surface area contributed by atoms with Gasteiger partial charge < -0.3 is 63.0 Å². The number of para-hydroxylation sites is 1. The molecule has 1 unspecified atom stereocenters. The lowest BCUT2D eigenvalue weighted by atomic mass is 9.88. The van der Waals surface area contributed by atoms with Gasteiger partial charge in [-0.1, -0.05) is 39.0 Å². The van der Waals surface area contributed by atoms with Crippen molar-refractivity contribution in [1.82, 2.24) is 52.8 Å².